The van der Waals surface area contributed by atoms with E-state index in [1.807, 2.05) is 0 Å². The van der Waals surface area contributed by atoms with Gasteiger partial charge in [0.1, 0.15) is 5.52 Å². The van der Waals surface area contributed by atoms with Gasteiger partial charge in [0.25, 0.3) is 5.56 Å². The van der Waals surface area contributed by atoms with Gasteiger partial charge >= 0.3 is 6.18 Å². The van der Waals surface area contributed by atoms with E-state index in [0.29, 0.717) is 5.56 Å². The number of H-pyrrole nitrogens is 1. The minimum atomic E-state index is -4.55. The second-order valence-electron chi connectivity index (χ2n) is 4.57. The molecule has 0 saturated carbocycles. The molecule has 0 atom stereocenters. The summed E-state index contributed by atoms with van der Waals surface area (Å²) in [7, 11) is 0. The van der Waals surface area contributed by atoms with Crippen molar-refractivity contribution in [3.63, 3.8) is 0 Å². The molecular formula is C14H9F3N2O. The van der Waals surface area contributed by atoms with Crippen LogP contribution in [0, 0.1) is 6.92 Å². The van der Waals surface area contributed by atoms with E-state index >= 15 is 0 Å². The Morgan fingerprint density at radius 2 is 1.90 bits per heavy atom. The Morgan fingerprint density at radius 3 is 2.60 bits per heavy atom. The number of pyridine rings is 2. The molecule has 0 amide bonds. The Kier molecular flexibility index (Phi) is 2.57. The van der Waals surface area contributed by atoms with E-state index in [1.165, 1.54) is 24.4 Å². The number of aromatic nitrogens is 2. The van der Waals surface area contributed by atoms with Crippen LogP contribution in [0.4, 0.5) is 13.2 Å². The molecule has 3 nitrogen and oxygen atoms in total. The molecular weight excluding hydrogens is 269 g/mol. The van der Waals surface area contributed by atoms with E-state index < -0.39 is 17.3 Å². The predicted molar refractivity (Wildman–Crippen MR) is 69.6 cm³/mol. The monoisotopic (exact) mass is 278 g/mol. The average molecular weight is 278 g/mol. The van der Waals surface area contributed by atoms with Gasteiger partial charge in [0.15, 0.2) is 0 Å². The van der Waals surface area contributed by atoms with Gasteiger partial charge in [-0.25, -0.2) is 4.98 Å². The smallest absolute Gasteiger partial charge is 0.327 e. The molecule has 0 spiro atoms. The van der Waals surface area contributed by atoms with Crippen LogP contribution in [0.3, 0.4) is 0 Å². The molecule has 0 aliphatic heterocycles. The van der Waals surface area contributed by atoms with Gasteiger partial charge in [-0.1, -0.05) is 11.6 Å². The van der Waals surface area contributed by atoms with E-state index in [-0.39, 0.29) is 21.8 Å². The molecule has 0 bridgehead atoms. The fourth-order valence-electron chi connectivity index (χ4n) is 2.30. The third kappa shape index (κ3) is 1.84. The van der Waals surface area contributed by atoms with Gasteiger partial charge in [-0.2, -0.15) is 13.2 Å². The van der Waals surface area contributed by atoms with Crippen LogP contribution >= 0.6 is 0 Å². The summed E-state index contributed by atoms with van der Waals surface area (Å²) in [4.78, 5) is 18.1. The van der Waals surface area contributed by atoms with Gasteiger partial charge < -0.3 is 4.98 Å². The zero-order valence-corrected chi connectivity index (χ0v) is 10.4. The lowest BCUT2D eigenvalue weighted by Gasteiger charge is -2.13. The van der Waals surface area contributed by atoms with Crippen molar-refractivity contribution in [1.82, 2.24) is 9.97 Å². The number of hydrogen-bond donors (Lipinski definition) is 1. The Hall–Kier alpha value is -2.37. The minimum absolute atomic E-state index is 0.00981. The van der Waals surface area contributed by atoms with Crippen molar-refractivity contribution in [1.29, 1.82) is 0 Å². The van der Waals surface area contributed by atoms with Crippen molar-refractivity contribution >= 4 is 21.8 Å². The summed E-state index contributed by atoms with van der Waals surface area (Å²) in [6, 6.07) is 5.82. The summed E-state index contributed by atoms with van der Waals surface area (Å²) in [5, 5.41) is -0.171. The molecule has 2 aromatic heterocycles. The van der Waals surface area contributed by atoms with Gasteiger partial charge in [0, 0.05) is 17.0 Å². The lowest BCUT2D eigenvalue weighted by Crippen LogP contribution is -2.13. The van der Waals surface area contributed by atoms with Gasteiger partial charge in [0.05, 0.1) is 11.1 Å². The van der Waals surface area contributed by atoms with E-state index in [1.54, 1.807) is 13.0 Å². The second kappa shape index (κ2) is 4.06. The third-order valence-electron chi connectivity index (χ3n) is 3.14. The molecule has 0 unspecified atom stereocenters. The van der Waals surface area contributed by atoms with Gasteiger partial charge in [-0.3, -0.25) is 4.79 Å². The highest BCUT2D eigenvalue weighted by Gasteiger charge is 2.35. The molecule has 6 heteroatoms. The number of fused-ring (bicyclic) bond motifs is 2. The van der Waals surface area contributed by atoms with E-state index in [9.17, 15) is 18.0 Å². The van der Waals surface area contributed by atoms with Gasteiger partial charge in [-0.15, -0.1) is 0 Å². The van der Waals surface area contributed by atoms with Crippen LogP contribution in [0.25, 0.3) is 21.8 Å². The predicted octanol–water partition coefficient (Wildman–Crippen LogP) is 3.40. The number of aryl methyl sites for hydroxylation is 1. The Labute approximate surface area is 111 Å². The molecule has 3 aromatic rings. The van der Waals surface area contributed by atoms with Crippen LogP contribution in [0.5, 0.6) is 0 Å². The SMILES string of the molecule is Cc1ccc2nc3c(=O)[nH]ccc3c(C(F)(F)F)c2c1. The van der Waals surface area contributed by atoms with E-state index in [4.69, 9.17) is 0 Å². The molecule has 0 fully saturated rings. The molecule has 0 saturated heterocycles. The molecule has 1 N–H and O–H groups in total. The van der Waals surface area contributed by atoms with Crippen LogP contribution in [0.1, 0.15) is 11.1 Å². The Bertz CT molecular complexity index is 881. The molecule has 1 aromatic carbocycles. The van der Waals surface area contributed by atoms with Crippen LogP contribution in [-0.4, -0.2) is 9.97 Å². The number of alkyl halides is 3. The van der Waals surface area contributed by atoms with Crippen LogP contribution in [0.15, 0.2) is 35.3 Å². The summed E-state index contributed by atoms with van der Waals surface area (Å²) in [5.41, 5.74) is -0.778. The third-order valence-corrected chi connectivity index (χ3v) is 3.14. The van der Waals surface area contributed by atoms with Crippen LogP contribution < -0.4 is 5.56 Å². The first-order valence-electron chi connectivity index (χ1n) is 5.87. The number of benzene rings is 1. The highest BCUT2D eigenvalue weighted by Crippen LogP contribution is 2.38. The van der Waals surface area contributed by atoms with Crippen molar-refractivity contribution in [3.05, 3.63) is 51.9 Å². The second-order valence-corrected chi connectivity index (χ2v) is 4.57. The minimum Gasteiger partial charge on any atom is -0.327 e. The van der Waals surface area contributed by atoms with Crippen molar-refractivity contribution in [2.24, 2.45) is 0 Å². The highest BCUT2D eigenvalue weighted by molar-refractivity contribution is 5.97. The van der Waals surface area contributed by atoms with E-state index in [0.717, 1.165) is 0 Å². The normalized spacial score (nSPS) is 12.2. The maximum Gasteiger partial charge on any atom is 0.417 e. The zero-order chi connectivity index (χ0) is 14.5. The Morgan fingerprint density at radius 1 is 1.15 bits per heavy atom. The molecule has 0 aliphatic rings. The number of nitrogens with zero attached hydrogens (tertiary/aromatic N) is 1. The average Bonchev–Trinajstić information content (AvgIpc) is 2.35. The highest BCUT2D eigenvalue weighted by atomic mass is 19.4. The summed E-state index contributed by atoms with van der Waals surface area (Å²) < 4.78 is 40.1. The van der Waals surface area contributed by atoms with Crippen LogP contribution in [-0.2, 0) is 6.18 Å². The molecule has 102 valence electrons. The summed E-state index contributed by atoms with van der Waals surface area (Å²) in [5.74, 6) is 0. The number of nitrogens with one attached hydrogen (secondary N) is 1. The first kappa shape index (κ1) is 12.7. The molecule has 20 heavy (non-hydrogen) atoms. The van der Waals surface area contributed by atoms with Crippen molar-refractivity contribution in [2.75, 3.05) is 0 Å². The lowest BCUT2D eigenvalue weighted by atomic mass is 10.0. The van der Waals surface area contributed by atoms with Crippen molar-refractivity contribution < 1.29 is 13.2 Å². The lowest BCUT2D eigenvalue weighted by molar-refractivity contribution is -0.135. The topological polar surface area (TPSA) is 45.8 Å². The number of aromatic amines is 1. The zero-order valence-electron chi connectivity index (χ0n) is 10.4. The first-order valence-corrected chi connectivity index (χ1v) is 5.87. The fraction of sp³-hybridized carbons (Fsp3) is 0.143. The van der Waals surface area contributed by atoms with Gasteiger partial charge in [0.2, 0.25) is 0 Å². The molecule has 2 heterocycles. The van der Waals surface area contributed by atoms with Gasteiger partial charge in [-0.05, 0) is 25.1 Å². The molecule has 0 radical (unpaired) electrons. The number of halogens is 3. The molecule has 0 aliphatic carbocycles. The standard InChI is InChI=1S/C14H9F3N2O/c1-7-2-3-10-9(6-7)11(14(15,16)17)8-4-5-18-13(20)12(8)19-10/h2-6H,1H3,(H,18,20). The largest absolute Gasteiger partial charge is 0.417 e. The van der Waals surface area contributed by atoms with E-state index in [2.05, 4.69) is 9.97 Å². The maximum absolute atomic E-state index is 13.4. The number of rotatable bonds is 0. The quantitative estimate of drug-likeness (QED) is 0.640. The van der Waals surface area contributed by atoms with Crippen LogP contribution in [0.2, 0.25) is 0 Å². The van der Waals surface area contributed by atoms with Crippen molar-refractivity contribution in [2.45, 2.75) is 13.1 Å². The summed E-state index contributed by atoms with van der Waals surface area (Å²) in [6.07, 6.45) is -3.36. The first-order chi connectivity index (χ1) is 9.38. The summed E-state index contributed by atoms with van der Waals surface area (Å²) in [6.45, 7) is 1.71. The van der Waals surface area contributed by atoms with Crippen molar-refractivity contribution in [3.8, 4) is 0 Å². The number of hydrogen-bond acceptors (Lipinski definition) is 2. The fourth-order valence-corrected chi connectivity index (χ4v) is 2.30. The Balaban J connectivity index is 2.65. The molecule has 3 rings (SSSR count). The maximum atomic E-state index is 13.4. The summed E-state index contributed by atoms with van der Waals surface area (Å²) >= 11 is 0.